The minimum absolute atomic E-state index is 0.144. The van der Waals surface area contributed by atoms with Crippen LogP contribution in [-0.2, 0) is 6.54 Å². The van der Waals surface area contributed by atoms with E-state index in [-0.39, 0.29) is 17.9 Å². The van der Waals surface area contributed by atoms with Gasteiger partial charge in [0.25, 0.3) is 5.56 Å². The van der Waals surface area contributed by atoms with Gasteiger partial charge in [-0.3, -0.25) is 10.2 Å². The summed E-state index contributed by atoms with van der Waals surface area (Å²) < 4.78 is 15.8. The first-order valence-electron chi connectivity index (χ1n) is 9.31. The van der Waals surface area contributed by atoms with Gasteiger partial charge < -0.3 is 9.88 Å². The Bertz CT molecular complexity index is 1310. The largest absolute Gasteiger partial charge is 0.350 e. The highest BCUT2D eigenvalue weighted by Gasteiger charge is 2.17. The van der Waals surface area contributed by atoms with Crippen molar-refractivity contribution in [2.45, 2.75) is 13.5 Å². The lowest BCUT2D eigenvalue weighted by atomic mass is 10.1. The zero-order chi connectivity index (χ0) is 22.5. The maximum atomic E-state index is 13.6. The molecular weight excluding hydrogens is 459 g/mol. The molecule has 2 N–H and O–H groups in total. The maximum Gasteiger partial charge on any atom is 0.251 e. The van der Waals surface area contributed by atoms with Crippen LogP contribution >= 0.6 is 15.9 Å². The summed E-state index contributed by atoms with van der Waals surface area (Å²) in [6, 6.07) is 7.26. The lowest BCUT2D eigenvalue weighted by Crippen LogP contribution is -2.26. The number of allylic oxidation sites excluding steroid dienone is 6. The number of nitrogens with one attached hydrogen (secondary N) is 2. The Morgan fingerprint density at radius 2 is 2.19 bits per heavy atom. The Labute approximate surface area is 188 Å². The molecule has 1 aliphatic heterocycles. The van der Waals surface area contributed by atoms with E-state index < -0.39 is 0 Å². The number of fused-ring (bicyclic) bond motifs is 1. The lowest BCUT2D eigenvalue weighted by molar-refractivity contribution is 0.629. The third kappa shape index (κ3) is 4.93. The van der Waals surface area contributed by atoms with Crippen molar-refractivity contribution >= 4 is 33.0 Å². The van der Waals surface area contributed by atoms with E-state index in [4.69, 9.17) is 6.42 Å². The van der Waals surface area contributed by atoms with Crippen LogP contribution in [0.2, 0.25) is 0 Å². The van der Waals surface area contributed by atoms with Gasteiger partial charge in [-0.1, -0.05) is 41.1 Å². The van der Waals surface area contributed by atoms with Crippen LogP contribution < -0.4 is 16.3 Å². The molecule has 1 aromatic heterocycles. The third-order valence-electron chi connectivity index (χ3n) is 4.50. The van der Waals surface area contributed by atoms with Crippen LogP contribution in [-0.4, -0.2) is 10.8 Å². The van der Waals surface area contributed by atoms with Crippen LogP contribution in [0.4, 0.5) is 4.39 Å². The molecule has 0 radical (unpaired) electrons. The fourth-order valence-corrected chi connectivity index (χ4v) is 3.52. The summed E-state index contributed by atoms with van der Waals surface area (Å²) in [6.07, 6.45) is 11.1. The molecule has 0 saturated carbocycles. The summed E-state index contributed by atoms with van der Waals surface area (Å²) in [7, 11) is 0. The SMILES string of the molecule is C#C/C(NC(=C)Cn1c(=O)ccc2cc(F)ccc21)=C(C1=CC(=C)C=NN1)\C(Br)=C/C. The number of benzene rings is 1. The molecule has 1 aromatic carbocycles. The standard InChI is InChI=1S/C24H20BrFN4O/c1-5-19(25)24(21-11-15(3)13-27-29-21)20(6-2)28-16(4)14-30-22-9-8-18(26)12-17(22)7-10-23(30)31/h2,5,7-13,28-29H,3-4,14H2,1H3/b19-5+,24-20-. The van der Waals surface area contributed by atoms with Gasteiger partial charge in [0.1, 0.15) is 5.82 Å². The molecule has 7 heteroatoms. The van der Waals surface area contributed by atoms with Crippen LogP contribution in [0, 0.1) is 18.2 Å². The van der Waals surface area contributed by atoms with E-state index in [1.165, 1.54) is 22.8 Å². The second-order valence-corrected chi connectivity index (χ2v) is 7.58. The summed E-state index contributed by atoms with van der Waals surface area (Å²) in [5.41, 5.74) is 6.24. The minimum Gasteiger partial charge on any atom is -0.350 e. The Morgan fingerprint density at radius 3 is 2.87 bits per heavy atom. The molecule has 5 nitrogen and oxygen atoms in total. The molecule has 3 rings (SSSR count). The summed E-state index contributed by atoms with van der Waals surface area (Å²) in [5, 5.41) is 7.82. The molecule has 156 valence electrons. The van der Waals surface area contributed by atoms with Crippen LogP contribution in [0.15, 0.2) is 98.3 Å². The van der Waals surface area contributed by atoms with Gasteiger partial charge in [-0.25, -0.2) is 4.39 Å². The zero-order valence-corrected chi connectivity index (χ0v) is 18.5. The van der Waals surface area contributed by atoms with E-state index in [0.29, 0.717) is 39.1 Å². The fourth-order valence-electron chi connectivity index (χ4n) is 3.11. The molecule has 0 fully saturated rings. The first kappa shape index (κ1) is 22.1. The van der Waals surface area contributed by atoms with Gasteiger partial charge in [0, 0.05) is 27.2 Å². The van der Waals surface area contributed by atoms with Crippen molar-refractivity contribution in [1.29, 1.82) is 0 Å². The topological polar surface area (TPSA) is 58.4 Å². The van der Waals surface area contributed by atoms with Crippen LogP contribution in [0.5, 0.6) is 0 Å². The number of hydrogen-bond acceptors (Lipinski definition) is 4. The van der Waals surface area contributed by atoms with Gasteiger partial charge >= 0.3 is 0 Å². The van der Waals surface area contributed by atoms with Crippen molar-refractivity contribution in [1.82, 2.24) is 15.3 Å². The van der Waals surface area contributed by atoms with Crippen LogP contribution in [0.25, 0.3) is 10.9 Å². The summed E-state index contributed by atoms with van der Waals surface area (Å²) in [5.74, 6) is 2.27. The number of aromatic nitrogens is 1. The number of nitrogens with zero attached hydrogens (tertiary/aromatic N) is 2. The molecule has 0 spiro atoms. The van der Waals surface area contributed by atoms with Crippen molar-refractivity contribution in [3.8, 4) is 12.3 Å². The van der Waals surface area contributed by atoms with Gasteiger partial charge in [-0.15, -0.1) is 6.42 Å². The number of terminal acetylenes is 1. The minimum atomic E-state index is -0.370. The van der Waals surface area contributed by atoms with E-state index in [0.717, 1.165) is 4.48 Å². The first-order valence-corrected chi connectivity index (χ1v) is 10.1. The van der Waals surface area contributed by atoms with Crippen molar-refractivity contribution in [3.05, 3.63) is 105 Å². The molecule has 2 heterocycles. The Morgan fingerprint density at radius 1 is 1.42 bits per heavy atom. The molecule has 1 aliphatic rings. The molecule has 0 atom stereocenters. The number of hydrogen-bond donors (Lipinski definition) is 2. The summed E-state index contributed by atoms with van der Waals surface area (Å²) in [4.78, 5) is 12.5. The van der Waals surface area contributed by atoms with Gasteiger partial charge in [-0.2, -0.15) is 5.10 Å². The molecule has 0 unspecified atom stereocenters. The second kappa shape index (κ2) is 9.45. The number of hydrazone groups is 1. The van der Waals surface area contributed by atoms with Gasteiger partial charge in [0.2, 0.25) is 0 Å². The predicted octanol–water partition coefficient (Wildman–Crippen LogP) is 4.46. The molecule has 0 saturated heterocycles. The summed E-state index contributed by atoms with van der Waals surface area (Å²) in [6.45, 7) is 9.94. The molecule has 2 aromatic rings. The van der Waals surface area contributed by atoms with Crippen molar-refractivity contribution in [3.63, 3.8) is 0 Å². The smallest absolute Gasteiger partial charge is 0.251 e. The Kier molecular flexibility index (Phi) is 6.73. The van der Waals surface area contributed by atoms with E-state index in [1.54, 1.807) is 18.3 Å². The Hall–Kier alpha value is -3.63. The number of halogens is 2. The van der Waals surface area contributed by atoms with Gasteiger partial charge in [0.05, 0.1) is 29.7 Å². The highest BCUT2D eigenvalue weighted by Crippen LogP contribution is 2.27. The van der Waals surface area contributed by atoms with E-state index >= 15 is 0 Å². The average Bonchev–Trinajstić information content (AvgIpc) is 2.75. The highest BCUT2D eigenvalue weighted by molar-refractivity contribution is 9.12. The monoisotopic (exact) mass is 478 g/mol. The quantitative estimate of drug-likeness (QED) is 0.475. The molecular formula is C24H20BrFN4O. The van der Waals surface area contributed by atoms with Crippen molar-refractivity contribution in [2.75, 3.05) is 0 Å². The lowest BCUT2D eigenvalue weighted by Gasteiger charge is -2.19. The first-order chi connectivity index (χ1) is 14.8. The normalized spacial score (nSPS) is 14.5. The maximum absolute atomic E-state index is 13.6. The number of rotatable bonds is 6. The highest BCUT2D eigenvalue weighted by atomic mass is 79.9. The van der Waals surface area contributed by atoms with Crippen molar-refractivity contribution < 1.29 is 4.39 Å². The third-order valence-corrected chi connectivity index (χ3v) is 5.36. The Balaban J connectivity index is 1.98. The second-order valence-electron chi connectivity index (χ2n) is 6.72. The summed E-state index contributed by atoms with van der Waals surface area (Å²) >= 11 is 3.53. The van der Waals surface area contributed by atoms with E-state index in [2.05, 4.69) is 50.9 Å². The molecule has 0 amide bonds. The average molecular weight is 479 g/mol. The predicted molar refractivity (Wildman–Crippen MR) is 128 cm³/mol. The van der Waals surface area contributed by atoms with E-state index in [1.807, 2.05) is 19.1 Å². The van der Waals surface area contributed by atoms with Gasteiger partial charge in [0.15, 0.2) is 0 Å². The van der Waals surface area contributed by atoms with Crippen LogP contribution in [0.1, 0.15) is 6.92 Å². The van der Waals surface area contributed by atoms with E-state index in [9.17, 15) is 9.18 Å². The van der Waals surface area contributed by atoms with Crippen LogP contribution in [0.3, 0.4) is 0 Å². The molecule has 0 bridgehead atoms. The zero-order valence-electron chi connectivity index (χ0n) is 16.9. The fraction of sp³-hybridized carbons (Fsp3) is 0.0833. The van der Waals surface area contributed by atoms with Crippen molar-refractivity contribution in [2.24, 2.45) is 5.10 Å². The molecule has 31 heavy (non-hydrogen) atoms. The molecule has 0 aliphatic carbocycles. The number of pyridine rings is 1. The van der Waals surface area contributed by atoms with Gasteiger partial charge in [-0.05, 0) is 42.8 Å².